The van der Waals surface area contributed by atoms with E-state index < -0.39 is 16.7 Å². The van der Waals surface area contributed by atoms with Crippen molar-refractivity contribution in [1.29, 1.82) is 0 Å². The van der Waals surface area contributed by atoms with Crippen molar-refractivity contribution in [2.75, 3.05) is 35.2 Å². The lowest BCUT2D eigenvalue weighted by atomic mass is 9.90. The number of pyridine rings is 1. The average Bonchev–Trinajstić information content (AvgIpc) is 2.94. The lowest BCUT2D eigenvalue weighted by Crippen LogP contribution is -2.27. The Kier molecular flexibility index (Phi) is 5.13. The quantitative estimate of drug-likeness (QED) is 0.513. The van der Waals surface area contributed by atoms with Gasteiger partial charge < -0.3 is 14.9 Å². The molecule has 0 amide bonds. The van der Waals surface area contributed by atoms with E-state index in [0.29, 0.717) is 24.5 Å². The summed E-state index contributed by atoms with van der Waals surface area (Å²) in [6, 6.07) is 16.0. The maximum Gasteiger partial charge on any atom is 0.131 e. The van der Waals surface area contributed by atoms with E-state index in [4.69, 9.17) is 4.98 Å². The minimum Gasteiger partial charge on any atom is -0.391 e. The number of nitrogens with zero attached hydrogens (tertiary/aromatic N) is 3. The van der Waals surface area contributed by atoms with Gasteiger partial charge in [0.2, 0.25) is 0 Å². The molecule has 2 aromatic carbocycles. The van der Waals surface area contributed by atoms with Crippen LogP contribution in [0.25, 0.3) is 10.9 Å². The molecule has 7 heteroatoms. The van der Waals surface area contributed by atoms with E-state index in [9.17, 15) is 14.2 Å². The van der Waals surface area contributed by atoms with Crippen LogP contribution in [0.5, 0.6) is 0 Å². The molecule has 1 fully saturated rings. The molecular weight excluding hydrogens is 422 g/mol. The molecule has 2 aliphatic rings. The minimum absolute atomic E-state index is 0.183. The molecule has 2 aliphatic heterocycles. The SMILES string of the molecule is Cc1ccc2nc(N3CCS(O)(O)c4ccccc4C3)cc(N3CC(O)C(C)(C)C3)c2c1. The smallest absolute Gasteiger partial charge is 0.131 e. The fourth-order valence-electron chi connectivity index (χ4n) is 4.81. The summed E-state index contributed by atoms with van der Waals surface area (Å²) in [5.74, 6) is 1.10. The van der Waals surface area contributed by atoms with Crippen LogP contribution in [0.3, 0.4) is 0 Å². The second-order valence-electron chi connectivity index (χ2n) is 9.81. The molecule has 0 bridgehead atoms. The number of aromatic nitrogens is 1. The Hall–Kier alpha value is -2.32. The Bertz CT molecular complexity index is 1180. The molecule has 5 rings (SSSR count). The zero-order chi connectivity index (χ0) is 22.7. The summed E-state index contributed by atoms with van der Waals surface area (Å²) in [5.41, 5.74) is 3.90. The van der Waals surface area contributed by atoms with Gasteiger partial charge in [0.25, 0.3) is 0 Å². The second kappa shape index (κ2) is 7.63. The normalized spacial score (nSPS) is 23.1. The maximum atomic E-state index is 10.7. The Labute approximate surface area is 190 Å². The van der Waals surface area contributed by atoms with Gasteiger partial charge in [0.1, 0.15) is 5.82 Å². The molecule has 3 heterocycles. The Morgan fingerprint density at radius 2 is 1.84 bits per heavy atom. The van der Waals surface area contributed by atoms with Crippen LogP contribution >= 0.6 is 10.6 Å². The predicted molar refractivity (Wildman–Crippen MR) is 132 cm³/mol. The van der Waals surface area contributed by atoms with Crippen LogP contribution < -0.4 is 9.80 Å². The van der Waals surface area contributed by atoms with Crippen molar-refractivity contribution < 1.29 is 14.2 Å². The van der Waals surface area contributed by atoms with Crippen LogP contribution in [0.1, 0.15) is 25.0 Å². The van der Waals surface area contributed by atoms with Crippen molar-refractivity contribution in [3.63, 3.8) is 0 Å². The highest BCUT2D eigenvalue weighted by Gasteiger charge is 2.39. The molecule has 1 aromatic heterocycles. The first-order valence-corrected chi connectivity index (χ1v) is 12.8. The van der Waals surface area contributed by atoms with Gasteiger partial charge in [0.05, 0.1) is 22.3 Å². The van der Waals surface area contributed by atoms with Crippen LogP contribution in [0.15, 0.2) is 53.4 Å². The lowest BCUT2D eigenvalue weighted by Gasteiger charge is -2.32. The minimum atomic E-state index is -2.83. The van der Waals surface area contributed by atoms with Crippen molar-refractivity contribution >= 4 is 33.0 Å². The number of anilines is 2. The monoisotopic (exact) mass is 453 g/mol. The van der Waals surface area contributed by atoms with E-state index in [1.807, 2.05) is 24.3 Å². The van der Waals surface area contributed by atoms with Crippen LogP contribution in [0, 0.1) is 12.3 Å². The van der Waals surface area contributed by atoms with E-state index in [1.165, 1.54) is 5.56 Å². The number of hydrogen-bond acceptors (Lipinski definition) is 6. The third-order valence-corrected chi connectivity index (χ3v) is 8.67. The van der Waals surface area contributed by atoms with Gasteiger partial charge >= 0.3 is 0 Å². The van der Waals surface area contributed by atoms with Crippen LogP contribution in [-0.2, 0) is 6.54 Å². The molecule has 170 valence electrons. The summed E-state index contributed by atoms with van der Waals surface area (Å²) in [6.07, 6.45) is -0.392. The Morgan fingerprint density at radius 3 is 2.59 bits per heavy atom. The predicted octanol–water partition coefficient (Wildman–Crippen LogP) is 4.88. The summed E-state index contributed by atoms with van der Waals surface area (Å²) in [5, 5.41) is 11.7. The molecule has 0 spiro atoms. The molecule has 3 N–H and O–H groups in total. The standard InChI is InChI=1S/C25H31N3O3S/c1-17-8-9-20-19(12-17)21(28-15-23(29)25(2,3)16-28)13-24(26-20)27-10-11-32(30,31)22-7-5-4-6-18(22)14-27/h4-9,12-13,23,29-31H,10-11,14-16H2,1-3H3. The molecule has 1 atom stereocenters. The largest absolute Gasteiger partial charge is 0.391 e. The lowest BCUT2D eigenvalue weighted by molar-refractivity contribution is 0.0964. The third-order valence-electron chi connectivity index (χ3n) is 6.82. The molecule has 32 heavy (non-hydrogen) atoms. The van der Waals surface area contributed by atoms with Gasteiger partial charge in [-0.1, -0.05) is 43.7 Å². The van der Waals surface area contributed by atoms with E-state index in [2.05, 4.69) is 54.8 Å². The Morgan fingerprint density at radius 1 is 1.06 bits per heavy atom. The molecule has 3 aromatic rings. The van der Waals surface area contributed by atoms with Gasteiger partial charge in [-0.3, -0.25) is 9.11 Å². The first-order chi connectivity index (χ1) is 15.1. The first kappa shape index (κ1) is 21.5. The van der Waals surface area contributed by atoms with Crippen molar-refractivity contribution in [3.8, 4) is 0 Å². The molecule has 1 unspecified atom stereocenters. The van der Waals surface area contributed by atoms with E-state index in [1.54, 1.807) is 0 Å². The van der Waals surface area contributed by atoms with Crippen molar-refractivity contribution in [3.05, 3.63) is 59.7 Å². The highest BCUT2D eigenvalue weighted by atomic mass is 32.3. The number of hydrogen-bond donors (Lipinski definition) is 3. The molecule has 1 saturated heterocycles. The fourth-order valence-corrected chi connectivity index (χ4v) is 6.36. The van der Waals surface area contributed by atoms with Crippen LogP contribution in [0.2, 0.25) is 0 Å². The fraction of sp³-hybridized carbons (Fsp3) is 0.400. The van der Waals surface area contributed by atoms with Gasteiger partial charge in [0, 0.05) is 48.7 Å². The summed E-state index contributed by atoms with van der Waals surface area (Å²) < 4.78 is 21.5. The number of rotatable bonds is 2. The summed E-state index contributed by atoms with van der Waals surface area (Å²) >= 11 is 0. The van der Waals surface area contributed by atoms with Crippen LogP contribution in [0.4, 0.5) is 11.5 Å². The van der Waals surface area contributed by atoms with E-state index in [-0.39, 0.29) is 11.2 Å². The molecule has 6 nitrogen and oxygen atoms in total. The second-order valence-corrected chi connectivity index (χ2v) is 12.0. The van der Waals surface area contributed by atoms with Gasteiger partial charge in [-0.15, -0.1) is 0 Å². The summed E-state index contributed by atoms with van der Waals surface area (Å²) in [7, 11) is -2.83. The van der Waals surface area contributed by atoms with Gasteiger partial charge in [-0.05, 0) is 30.7 Å². The number of β-amino-alcohol motifs (C(OH)–C–C–N with tert-alkyl or cyclic N) is 1. The number of aryl methyl sites for hydroxylation is 1. The van der Waals surface area contributed by atoms with Gasteiger partial charge in [-0.2, -0.15) is 10.6 Å². The molecule has 0 aliphatic carbocycles. The van der Waals surface area contributed by atoms with E-state index in [0.717, 1.165) is 34.5 Å². The topological polar surface area (TPSA) is 80.1 Å². The van der Waals surface area contributed by atoms with Gasteiger partial charge in [-0.25, -0.2) is 4.98 Å². The number of aliphatic hydroxyl groups excluding tert-OH is 1. The molecule has 0 saturated carbocycles. The van der Waals surface area contributed by atoms with Crippen molar-refractivity contribution in [2.24, 2.45) is 5.41 Å². The third kappa shape index (κ3) is 3.73. The maximum absolute atomic E-state index is 10.7. The average molecular weight is 454 g/mol. The Balaban J connectivity index is 1.61. The van der Waals surface area contributed by atoms with Gasteiger partial charge in [0.15, 0.2) is 0 Å². The molecular formula is C25H31N3O3S. The first-order valence-electron chi connectivity index (χ1n) is 11.1. The summed E-state index contributed by atoms with van der Waals surface area (Å²) in [4.78, 5) is 10.0. The number of aliphatic hydroxyl groups is 1. The van der Waals surface area contributed by atoms with Crippen LogP contribution in [-0.4, -0.2) is 50.7 Å². The van der Waals surface area contributed by atoms with E-state index >= 15 is 0 Å². The zero-order valence-corrected chi connectivity index (χ0v) is 19.6. The number of benzene rings is 2. The molecule has 0 radical (unpaired) electrons. The van der Waals surface area contributed by atoms with Crippen molar-refractivity contribution in [1.82, 2.24) is 4.98 Å². The highest BCUT2D eigenvalue weighted by Crippen LogP contribution is 2.51. The number of fused-ring (bicyclic) bond motifs is 2. The summed E-state index contributed by atoms with van der Waals surface area (Å²) in [6.45, 7) is 8.72. The highest BCUT2D eigenvalue weighted by molar-refractivity contribution is 8.24. The van der Waals surface area contributed by atoms with Crippen molar-refractivity contribution in [2.45, 2.75) is 38.3 Å². The zero-order valence-electron chi connectivity index (χ0n) is 18.8.